The second-order valence-electron chi connectivity index (χ2n) is 4.25. The fourth-order valence-electron chi connectivity index (χ4n) is 1.13. The van der Waals surface area contributed by atoms with E-state index >= 15 is 0 Å². The molecule has 0 atom stereocenters. The monoisotopic (exact) mass is 264 g/mol. The molecule has 0 saturated carbocycles. The Morgan fingerprint density at radius 3 is 1.94 bits per heavy atom. The normalized spacial score (nSPS) is 11.4. The first-order valence-electron chi connectivity index (χ1n) is 6.36. The van der Waals surface area contributed by atoms with Gasteiger partial charge in [0, 0.05) is 0 Å². The van der Waals surface area contributed by atoms with Gasteiger partial charge in [-0.15, -0.1) is 18.3 Å². The lowest BCUT2D eigenvalue weighted by Crippen LogP contribution is -1.86. The molecule has 0 aliphatic carbocycles. The molecule has 0 heterocycles. The molecular weight excluding hydrogens is 236 g/mol. The summed E-state index contributed by atoms with van der Waals surface area (Å²) in [5.74, 6) is 0. The average Bonchev–Trinajstić information content (AvgIpc) is 2.27. The van der Waals surface area contributed by atoms with Gasteiger partial charge in [-0.25, -0.2) is 0 Å². The molecule has 0 aromatic heterocycles. The van der Waals surface area contributed by atoms with E-state index in [1.165, 1.54) is 17.6 Å². The quantitative estimate of drug-likeness (QED) is 0.382. The van der Waals surface area contributed by atoms with Crippen molar-refractivity contribution in [3.05, 3.63) is 58.9 Å². The lowest BCUT2D eigenvalue weighted by atomic mass is 10.0. The van der Waals surface area contributed by atoms with Crippen molar-refractivity contribution < 1.29 is 0 Å². The first-order chi connectivity index (χ1) is 8.40. The Labute approximate surface area is 118 Å². The molecule has 0 unspecified atom stereocenters. The van der Waals surface area contributed by atoms with Crippen molar-refractivity contribution >= 4 is 11.8 Å². The van der Waals surface area contributed by atoms with Crippen LogP contribution in [-0.2, 0) is 0 Å². The second kappa shape index (κ2) is 12.5. The van der Waals surface area contributed by atoms with E-state index in [9.17, 15) is 0 Å². The van der Waals surface area contributed by atoms with Crippen LogP contribution in [0.25, 0.3) is 0 Å². The topological polar surface area (TPSA) is 0 Å². The molecule has 0 aromatic carbocycles. The van der Waals surface area contributed by atoms with Gasteiger partial charge in [-0.3, -0.25) is 0 Å². The van der Waals surface area contributed by atoms with Gasteiger partial charge in [-0.1, -0.05) is 51.2 Å². The number of rotatable bonds is 6. The summed E-state index contributed by atoms with van der Waals surface area (Å²) >= 11 is 1.65. The Kier molecular flexibility index (Phi) is 13.5. The van der Waals surface area contributed by atoms with Gasteiger partial charge in [0.15, 0.2) is 0 Å². The second-order valence-corrected chi connectivity index (χ2v) is 5.42. The largest absolute Gasteiger partial charge is 0.103 e. The molecule has 0 spiro atoms. The molecular formula is C17H28S. The minimum Gasteiger partial charge on any atom is -0.103 e. The van der Waals surface area contributed by atoms with Crippen LogP contribution >= 0.6 is 11.8 Å². The van der Waals surface area contributed by atoms with E-state index in [4.69, 9.17) is 0 Å². The average molecular weight is 264 g/mol. The van der Waals surface area contributed by atoms with E-state index in [1.54, 1.807) is 11.8 Å². The lowest BCUT2D eigenvalue weighted by molar-refractivity contribution is 1.09. The van der Waals surface area contributed by atoms with Gasteiger partial charge >= 0.3 is 0 Å². The third-order valence-corrected chi connectivity index (χ3v) is 2.68. The van der Waals surface area contributed by atoms with Gasteiger partial charge in [0.25, 0.3) is 0 Å². The van der Waals surface area contributed by atoms with Crippen LogP contribution in [0, 0.1) is 0 Å². The summed E-state index contributed by atoms with van der Waals surface area (Å²) in [6.45, 7) is 21.9. The van der Waals surface area contributed by atoms with Gasteiger partial charge in [0.1, 0.15) is 0 Å². The number of hydrogen-bond donors (Lipinski definition) is 0. The first-order valence-corrected chi connectivity index (χ1v) is 7.24. The van der Waals surface area contributed by atoms with E-state index in [0.717, 1.165) is 16.9 Å². The van der Waals surface area contributed by atoms with Gasteiger partial charge in [-0.2, -0.15) is 0 Å². The molecule has 18 heavy (non-hydrogen) atoms. The predicted molar refractivity (Wildman–Crippen MR) is 89.8 cm³/mol. The molecule has 0 bridgehead atoms. The number of allylic oxidation sites excluding steroid dienone is 6. The van der Waals surface area contributed by atoms with Crippen LogP contribution in [0.4, 0.5) is 0 Å². The Hall–Kier alpha value is -0.950. The van der Waals surface area contributed by atoms with Crippen LogP contribution in [0.5, 0.6) is 0 Å². The Balaban J connectivity index is 0. The highest BCUT2D eigenvalue weighted by Gasteiger charge is 2.00. The third-order valence-electron chi connectivity index (χ3n) is 1.81. The molecule has 0 fully saturated rings. The maximum absolute atomic E-state index is 3.98. The number of hydrogen-bond acceptors (Lipinski definition) is 1. The molecule has 0 aromatic rings. The van der Waals surface area contributed by atoms with Crippen LogP contribution in [0.1, 0.15) is 47.5 Å². The van der Waals surface area contributed by atoms with Crippen LogP contribution in [-0.4, -0.2) is 0 Å². The Morgan fingerprint density at radius 1 is 1.11 bits per heavy atom. The molecule has 0 amide bonds. The van der Waals surface area contributed by atoms with Crippen molar-refractivity contribution in [3.63, 3.8) is 0 Å². The lowest BCUT2D eigenvalue weighted by Gasteiger charge is -2.07. The molecule has 0 aliphatic rings. The Bertz CT molecular complexity index is 330. The summed E-state index contributed by atoms with van der Waals surface area (Å²) in [5, 5.41) is 2.12. The fraction of sp³-hybridized carbons (Fsp3) is 0.412. The zero-order valence-electron chi connectivity index (χ0n) is 12.7. The number of thioether (sulfide) groups is 1. The smallest absolute Gasteiger partial charge is 0.0163 e. The summed E-state index contributed by atoms with van der Waals surface area (Å²) in [6.07, 6.45) is 6.17. The summed E-state index contributed by atoms with van der Waals surface area (Å²) in [6, 6.07) is 0. The van der Waals surface area contributed by atoms with Crippen molar-refractivity contribution in [1.29, 1.82) is 0 Å². The zero-order valence-corrected chi connectivity index (χ0v) is 13.5. The summed E-state index contributed by atoms with van der Waals surface area (Å²) in [7, 11) is 0. The van der Waals surface area contributed by atoms with Crippen LogP contribution < -0.4 is 0 Å². The molecule has 102 valence electrons. The van der Waals surface area contributed by atoms with Gasteiger partial charge in [0.2, 0.25) is 0 Å². The zero-order chi connectivity index (χ0) is 14.6. The predicted octanol–water partition coefficient (Wildman–Crippen LogP) is 6.65. The highest BCUT2D eigenvalue weighted by molar-refractivity contribution is 8.05. The van der Waals surface area contributed by atoms with E-state index in [1.807, 2.05) is 19.9 Å². The van der Waals surface area contributed by atoms with Crippen molar-refractivity contribution in [2.45, 2.75) is 47.5 Å². The molecule has 0 saturated heterocycles. The van der Waals surface area contributed by atoms with Crippen LogP contribution in [0.15, 0.2) is 58.9 Å². The fourth-order valence-corrected chi connectivity index (χ4v) is 1.63. The minimum atomic E-state index is 0.880. The van der Waals surface area contributed by atoms with E-state index < -0.39 is 0 Å². The molecule has 0 nitrogen and oxygen atoms in total. The summed E-state index contributed by atoms with van der Waals surface area (Å²) < 4.78 is 0. The SMILES string of the molecule is C=CC/C=C(C(=C)C)/C(C)=C/SC(=C)C.CCC. The highest BCUT2D eigenvalue weighted by Crippen LogP contribution is 2.23. The molecule has 0 N–H and O–H groups in total. The minimum absolute atomic E-state index is 0.880. The van der Waals surface area contributed by atoms with E-state index in [0.29, 0.717) is 0 Å². The molecule has 0 aliphatic heterocycles. The standard InChI is InChI=1S/C14H20S.C3H8/c1-7-8-9-14(11(2)3)13(6)10-15-12(4)5;1-3-2/h7,9-10H,1-2,4,8H2,3,5-6H3;3H2,1-2H3/b13-10+,14-9+;. The molecule has 0 rings (SSSR count). The third kappa shape index (κ3) is 11.5. The maximum Gasteiger partial charge on any atom is -0.0163 e. The summed E-state index contributed by atoms with van der Waals surface area (Å²) in [5.41, 5.74) is 3.54. The van der Waals surface area contributed by atoms with Gasteiger partial charge < -0.3 is 0 Å². The first kappa shape index (κ1) is 19.4. The van der Waals surface area contributed by atoms with E-state index in [-0.39, 0.29) is 0 Å². The van der Waals surface area contributed by atoms with Crippen molar-refractivity contribution in [3.8, 4) is 0 Å². The van der Waals surface area contributed by atoms with Crippen molar-refractivity contribution in [2.75, 3.05) is 0 Å². The maximum atomic E-state index is 3.98. The van der Waals surface area contributed by atoms with Crippen LogP contribution in [0.2, 0.25) is 0 Å². The van der Waals surface area contributed by atoms with Gasteiger partial charge in [0.05, 0.1) is 0 Å². The van der Waals surface area contributed by atoms with Crippen molar-refractivity contribution in [2.24, 2.45) is 0 Å². The van der Waals surface area contributed by atoms with Crippen molar-refractivity contribution in [1.82, 2.24) is 0 Å². The summed E-state index contributed by atoms with van der Waals surface area (Å²) in [4.78, 5) is 1.10. The van der Waals surface area contributed by atoms with Gasteiger partial charge in [-0.05, 0) is 48.7 Å². The molecule has 0 radical (unpaired) electrons. The van der Waals surface area contributed by atoms with Crippen LogP contribution in [0.3, 0.4) is 0 Å². The highest BCUT2D eigenvalue weighted by atomic mass is 32.2. The Morgan fingerprint density at radius 2 is 1.61 bits per heavy atom. The van der Waals surface area contributed by atoms with E-state index in [2.05, 4.69) is 52.0 Å². The molecule has 1 heteroatoms.